The van der Waals surface area contributed by atoms with Crippen LogP contribution in [0.3, 0.4) is 0 Å². The Kier molecular flexibility index (Phi) is 5.12. The van der Waals surface area contributed by atoms with Gasteiger partial charge in [0.2, 0.25) is 0 Å². The van der Waals surface area contributed by atoms with Gasteiger partial charge in [-0.15, -0.1) is 11.3 Å². The number of thiazole rings is 1. The highest BCUT2D eigenvalue weighted by Crippen LogP contribution is 2.35. The Morgan fingerprint density at radius 3 is 2.80 bits per heavy atom. The summed E-state index contributed by atoms with van der Waals surface area (Å²) in [6.45, 7) is 3.48. The number of hydrogen-bond donors (Lipinski definition) is 2. The van der Waals surface area contributed by atoms with Crippen molar-refractivity contribution in [2.75, 3.05) is 17.1 Å². The first-order chi connectivity index (χ1) is 14.3. The van der Waals surface area contributed by atoms with Crippen molar-refractivity contribution in [3.63, 3.8) is 0 Å². The van der Waals surface area contributed by atoms with Gasteiger partial charge in [0.15, 0.2) is 11.2 Å². The number of carbonyl (C=O) groups excluding carboxylic acids is 1. The molecule has 0 bridgehead atoms. The van der Waals surface area contributed by atoms with Crippen molar-refractivity contribution in [2.45, 2.75) is 24.8 Å². The van der Waals surface area contributed by atoms with Crippen LogP contribution in [-0.4, -0.2) is 32.5 Å². The first-order valence-corrected chi connectivity index (χ1v) is 11.4. The summed E-state index contributed by atoms with van der Waals surface area (Å²) in [5.41, 5.74) is 2.64. The van der Waals surface area contributed by atoms with Crippen LogP contribution in [0.1, 0.15) is 12.5 Å². The number of nitrogens with zero attached hydrogens (tertiary/aromatic N) is 1. The Labute approximate surface area is 177 Å². The second kappa shape index (κ2) is 7.62. The van der Waals surface area contributed by atoms with Gasteiger partial charge in [-0.2, -0.15) is 0 Å². The number of amides is 1. The molecule has 2 aromatic carbocycles. The smallest absolute Gasteiger partial charge is 0.267 e. The predicted octanol–water partition coefficient (Wildman–Crippen LogP) is 3.65. The first-order valence-electron chi connectivity index (χ1n) is 9.02. The van der Waals surface area contributed by atoms with Gasteiger partial charge < -0.3 is 14.8 Å². The van der Waals surface area contributed by atoms with Crippen LogP contribution in [-0.2, 0) is 14.8 Å². The molecule has 2 heterocycles. The molecule has 0 spiro atoms. The summed E-state index contributed by atoms with van der Waals surface area (Å²) in [6, 6.07) is 10.2. The molecule has 0 aliphatic carbocycles. The molecule has 1 amide bonds. The van der Waals surface area contributed by atoms with E-state index in [0.717, 1.165) is 22.5 Å². The second-order valence-corrected chi connectivity index (χ2v) is 9.27. The van der Waals surface area contributed by atoms with E-state index in [-0.39, 0.29) is 21.7 Å². The average Bonchev–Trinajstić information content (AvgIpc) is 3.16. The maximum Gasteiger partial charge on any atom is 0.267 e. The van der Waals surface area contributed by atoms with E-state index in [4.69, 9.17) is 9.47 Å². The van der Waals surface area contributed by atoms with E-state index < -0.39 is 16.1 Å². The number of anilines is 2. The molecule has 10 heteroatoms. The molecule has 2 N–H and O–H groups in total. The Balaban J connectivity index is 1.60. The number of benzene rings is 2. The lowest BCUT2D eigenvalue weighted by atomic mass is 10.1. The number of sulfonamides is 1. The van der Waals surface area contributed by atoms with Crippen molar-refractivity contribution < 1.29 is 22.7 Å². The van der Waals surface area contributed by atoms with E-state index in [9.17, 15) is 13.2 Å². The third kappa shape index (κ3) is 3.83. The fourth-order valence-corrected chi connectivity index (χ4v) is 5.21. The van der Waals surface area contributed by atoms with Crippen molar-refractivity contribution in [3.8, 4) is 22.8 Å². The highest BCUT2D eigenvalue weighted by molar-refractivity contribution is 7.93. The van der Waals surface area contributed by atoms with E-state index in [1.54, 1.807) is 55.6 Å². The molecular formula is C20H19N3O5S2. The summed E-state index contributed by atoms with van der Waals surface area (Å²) in [4.78, 5) is 16.3. The van der Waals surface area contributed by atoms with Gasteiger partial charge in [-0.25, -0.2) is 13.4 Å². The van der Waals surface area contributed by atoms with Gasteiger partial charge in [0.1, 0.15) is 16.4 Å². The number of ether oxygens (including phenoxy) is 2. The molecule has 0 saturated carbocycles. The zero-order chi connectivity index (χ0) is 21.5. The fraction of sp³-hybridized carbons (Fsp3) is 0.200. The van der Waals surface area contributed by atoms with Gasteiger partial charge in [0, 0.05) is 10.9 Å². The predicted molar refractivity (Wildman–Crippen MR) is 115 cm³/mol. The van der Waals surface area contributed by atoms with Gasteiger partial charge in [0.25, 0.3) is 15.9 Å². The molecule has 8 nitrogen and oxygen atoms in total. The van der Waals surface area contributed by atoms with Crippen molar-refractivity contribution in [1.29, 1.82) is 0 Å². The van der Waals surface area contributed by atoms with E-state index >= 15 is 0 Å². The molecule has 156 valence electrons. The topological polar surface area (TPSA) is 107 Å². The van der Waals surface area contributed by atoms with Gasteiger partial charge >= 0.3 is 0 Å². The summed E-state index contributed by atoms with van der Waals surface area (Å²) in [6.07, 6.45) is -0.553. The molecule has 1 aliphatic rings. The number of carbonyl (C=O) groups is 1. The van der Waals surface area contributed by atoms with Crippen molar-refractivity contribution in [3.05, 3.63) is 47.3 Å². The van der Waals surface area contributed by atoms with E-state index in [2.05, 4.69) is 15.0 Å². The Bertz CT molecular complexity index is 1240. The van der Waals surface area contributed by atoms with Gasteiger partial charge in [-0.05, 0) is 49.7 Å². The van der Waals surface area contributed by atoms with Crippen LogP contribution in [0.4, 0.5) is 10.8 Å². The molecule has 1 atom stereocenters. The summed E-state index contributed by atoms with van der Waals surface area (Å²) in [5.74, 6) is 0.608. The van der Waals surface area contributed by atoms with E-state index in [1.165, 1.54) is 7.11 Å². The van der Waals surface area contributed by atoms with Crippen molar-refractivity contribution >= 4 is 38.1 Å². The number of fused-ring (bicyclic) bond motifs is 1. The molecule has 1 unspecified atom stereocenters. The van der Waals surface area contributed by atoms with E-state index in [0.29, 0.717) is 17.1 Å². The SMILES string of the molecule is COc1ccc(C)cc1S(=O)(=O)Nc1nc(-c2ccc3c(c2)NC(=O)C(C)O3)cs1. The number of methoxy groups -OCH3 is 1. The molecule has 4 rings (SSSR count). The molecule has 3 aromatic rings. The van der Waals surface area contributed by atoms with Crippen LogP contribution in [0, 0.1) is 6.92 Å². The number of nitrogens with one attached hydrogen (secondary N) is 2. The maximum absolute atomic E-state index is 12.8. The van der Waals surface area contributed by atoms with Crippen LogP contribution in [0.2, 0.25) is 0 Å². The minimum atomic E-state index is -3.88. The summed E-state index contributed by atoms with van der Waals surface area (Å²) >= 11 is 1.16. The number of hydrogen-bond acceptors (Lipinski definition) is 7. The van der Waals surface area contributed by atoms with E-state index in [1.807, 2.05) is 0 Å². The highest BCUT2D eigenvalue weighted by Gasteiger charge is 2.24. The molecule has 0 radical (unpaired) electrons. The average molecular weight is 446 g/mol. The van der Waals surface area contributed by atoms with Crippen LogP contribution < -0.4 is 19.5 Å². The minimum absolute atomic E-state index is 0.0458. The maximum atomic E-state index is 12.8. The van der Waals surface area contributed by atoms with Crippen LogP contribution >= 0.6 is 11.3 Å². The third-order valence-electron chi connectivity index (χ3n) is 4.54. The molecule has 1 aliphatic heterocycles. The molecular weight excluding hydrogens is 426 g/mol. The first kappa shape index (κ1) is 20.2. The third-order valence-corrected chi connectivity index (χ3v) is 6.79. The van der Waals surface area contributed by atoms with Crippen LogP contribution in [0.25, 0.3) is 11.3 Å². The van der Waals surface area contributed by atoms with Gasteiger partial charge in [0.05, 0.1) is 18.5 Å². The van der Waals surface area contributed by atoms with Crippen LogP contribution in [0.5, 0.6) is 11.5 Å². The summed E-state index contributed by atoms with van der Waals surface area (Å²) in [7, 11) is -2.46. The number of rotatable bonds is 5. The fourth-order valence-electron chi connectivity index (χ4n) is 2.99. The normalized spacial score (nSPS) is 15.7. The van der Waals surface area contributed by atoms with Crippen LogP contribution in [0.15, 0.2) is 46.7 Å². The zero-order valence-electron chi connectivity index (χ0n) is 16.4. The lowest BCUT2D eigenvalue weighted by Crippen LogP contribution is -2.34. The number of aryl methyl sites for hydroxylation is 1. The quantitative estimate of drug-likeness (QED) is 0.621. The molecule has 30 heavy (non-hydrogen) atoms. The second-order valence-electron chi connectivity index (χ2n) is 6.76. The lowest BCUT2D eigenvalue weighted by Gasteiger charge is -2.23. The Hall–Kier alpha value is -3.11. The largest absolute Gasteiger partial charge is 0.495 e. The van der Waals surface area contributed by atoms with Gasteiger partial charge in [-0.3, -0.25) is 9.52 Å². The molecule has 1 aromatic heterocycles. The summed E-state index contributed by atoms with van der Waals surface area (Å²) < 4.78 is 38.9. The Morgan fingerprint density at radius 2 is 2.03 bits per heavy atom. The lowest BCUT2D eigenvalue weighted by molar-refractivity contribution is -0.122. The van der Waals surface area contributed by atoms with Crippen molar-refractivity contribution in [1.82, 2.24) is 4.98 Å². The Morgan fingerprint density at radius 1 is 1.23 bits per heavy atom. The van der Waals surface area contributed by atoms with Crippen molar-refractivity contribution in [2.24, 2.45) is 0 Å². The molecule has 0 saturated heterocycles. The monoisotopic (exact) mass is 445 g/mol. The minimum Gasteiger partial charge on any atom is -0.495 e. The summed E-state index contributed by atoms with van der Waals surface area (Å²) in [5, 5.41) is 4.75. The number of aromatic nitrogens is 1. The standard InChI is InChI=1S/C20H19N3O5S2/c1-11-4-6-17(27-3)18(8-11)30(25,26)23-20-22-15(10-29-20)13-5-7-16-14(9-13)21-19(24)12(2)28-16/h4-10,12H,1-3H3,(H,21,24)(H,22,23). The van der Waals surface area contributed by atoms with Gasteiger partial charge in [-0.1, -0.05) is 6.07 Å². The highest BCUT2D eigenvalue weighted by atomic mass is 32.2. The zero-order valence-corrected chi connectivity index (χ0v) is 18.1. The molecule has 0 fully saturated rings.